The molecule has 4 aromatic rings. The summed E-state index contributed by atoms with van der Waals surface area (Å²) in [6.45, 7) is 21.0. The Morgan fingerprint density at radius 1 is 0.821 bits per heavy atom. The second kappa shape index (κ2) is 11.4. The van der Waals surface area contributed by atoms with Crippen molar-refractivity contribution < 1.29 is 13.9 Å². The lowest BCUT2D eigenvalue weighted by Crippen LogP contribution is -2.27. The van der Waals surface area contributed by atoms with Crippen molar-refractivity contribution in [3.05, 3.63) is 89.0 Å². The fourth-order valence-corrected chi connectivity index (χ4v) is 4.78. The lowest BCUT2D eigenvalue weighted by Gasteiger charge is -2.26. The van der Waals surface area contributed by atoms with Crippen LogP contribution in [0.25, 0.3) is 22.3 Å². The van der Waals surface area contributed by atoms with Crippen LogP contribution >= 0.6 is 0 Å². The van der Waals surface area contributed by atoms with Crippen LogP contribution in [0.2, 0.25) is 0 Å². The Kier molecular flexibility index (Phi) is 8.37. The van der Waals surface area contributed by atoms with Gasteiger partial charge in [-0.1, -0.05) is 79.7 Å². The van der Waals surface area contributed by atoms with E-state index >= 15 is 0 Å². The van der Waals surface area contributed by atoms with Gasteiger partial charge in [0, 0.05) is 23.1 Å². The highest BCUT2D eigenvalue weighted by molar-refractivity contribution is 6.19. The van der Waals surface area contributed by atoms with E-state index in [9.17, 15) is 4.79 Å². The molecule has 0 radical (unpaired) electrons. The van der Waals surface area contributed by atoms with E-state index in [-0.39, 0.29) is 16.6 Å². The summed E-state index contributed by atoms with van der Waals surface area (Å²) < 4.78 is 12.3. The third-order valence-corrected chi connectivity index (χ3v) is 7.44. The van der Waals surface area contributed by atoms with Crippen molar-refractivity contribution in [3.8, 4) is 17.1 Å². The Balaban J connectivity index is 1.74. The number of likely N-dealkylation sites (N-methyl/N-ethyl adjacent to an activating group) is 1. The monoisotopic (exact) mass is 525 g/mol. The minimum Gasteiger partial charge on any atom is -0.492 e. The van der Waals surface area contributed by atoms with Crippen LogP contribution in [-0.2, 0) is 10.8 Å². The molecule has 0 aliphatic carbocycles. The molecule has 0 aliphatic heterocycles. The van der Waals surface area contributed by atoms with Gasteiger partial charge in [0.05, 0.1) is 5.56 Å². The molecule has 206 valence electrons. The Hall–Kier alpha value is -3.37. The second-order valence-electron chi connectivity index (χ2n) is 12.3. The molecule has 4 rings (SSSR count). The highest BCUT2D eigenvalue weighted by atomic mass is 16.5. The highest BCUT2D eigenvalue weighted by Crippen LogP contribution is 2.37. The number of ketones is 1. The second-order valence-corrected chi connectivity index (χ2v) is 12.3. The molecule has 3 aromatic carbocycles. The van der Waals surface area contributed by atoms with Crippen LogP contribution in [-0.4, -0.2) is 36.9 Å². The van der Waals surface area contributed by atoms with Crippen LogP contribution in [0.15, 0.2) is 71.1 Å². The Labute approximate surface area is 234 Å². The van der Waals surface area contributed by atoms with Gasteiger partial charge in [-0.05, 0) is 77.5 Å². The Bertz CT molecular complexity index is 1400. The number of benzene rings is 3. The number of hydrogen-bond donors (Lipinski definition) is 0. The van der Waals surface area contributed by atoms with Crippen LogP contribution in [0.1, 0.15) is 82.4 Å². The molecule has 0 saturated carbocycles. The van der Waals surface area contributed by atoms with Gasteiger partial charge in [-0.25, -0.2) is 0 Å². The van der Waals surface area contributed by atoms with Gasteiger partial charge in [0.2, 0.25) is 0 Å². The molecular formula is C35H43NO3. The summed E-state index contributed by atoms with van der Waals surface area (Å²) in [6, 6.07) is 22.0. The van der Waals surface area contributed by atoms with Crippen LogP contribution < -0.4 is 4.74 Å². The standard InChI is InChI=1S/C35H43NO3/c1-9-36(10-2)19-20-38-28-17-15-24(16-18-28)33-31(29-13-11-12-14-30(29)39-33)32(37)25-21-26(34(3,4)5)23-27(22-25)35(6,7)8/h11-18,21-23H,9-10,19-20H2,1-8H3. The number of fused-ring (bicyclic) bond motifs is 1. The van der Waals surface area contributed by atoms with Crippen molar-refractivity contribution in [1.82, 2.24) is 4.90 Å². The Morgan fingerprint density at radius 3 is 1.97 bits per heavy atom. The molecule has 4 heteroatoms. The van der Waals surface area contributed by atoms with E-state index in [0.29, 0.717) is 29.1 Å². The van der Waals surface area contributed by atoms with Crippen molar-refractivity contribution in [2.45, 2.75) is 66.2 Å². The SMILES string of the molecule is CCN(CC)CCOc1ccc(-c2oc3ccccc3c2C(=O)c2cc(C(C)(C)C)cc(C(C)(C)C)c2)cc1. The normalized spacial score (nSPS) is 12.3. The Morgan fingerprint density at radius 2 is 1.41 bits per heavy atom. The molecule has 0 saturated heterocycles. The summed E-state index contributed by atoms with van der Waals surface area (Å²) in [6.07, 6.45) is 0. The minimum atomic E-state index is -0.0846. The minimum absolute atomic E-state index is 0.0221. The molecular weight excluding hydrogens is 482 g/mol. The van der Waals surface area contributed by atoms with Gasteiger partial charge in [0.1, 0.15) is 23.7 Å². The predicted octanol–water partition coefficient (Wildman–Crippen LogP) is 8.65. The number of para-hydroxylation sites is 1. The maximum Gasteiger partial charge on any atom is 0.197 e. The third-order valence-electron chi connectivity index (χ3n) is 7.44. The van der Waals surface area contributed by atoms with Gasteiger partial charge in [-0.2, -0.15) is 0 Å². The maximum absolute atomic E-state index is 14.3. The average Bonchev–Trinajstić information content (AvgIpc) is 3.29. The molecule has 0 N–H and O–H groups in total. The van der Waals surface area contributed by atoms with Gasteiger partial charge < -0.3 is 14.1 Å². The topological polar surface area (TPSA) is 42.7 Å². The summed E-state index contributed by atoms with van der Waals surface area (Å²) in [7, 11) is 0. The summed E-state index contributed by atoms with van der Waals surface area (Å²) in [5.41, 5.74) is 4.99. The van der Waals surface area contributed by atoms with Crippen molar-refractivity contribution in [2.75, 3.05) is 26.2 Å². The van der Waals surface area contributed by atoms with Crippen LogP contribution in [0.3, 0.4) is 0 Å². The number of furan rings is 1. The van der Waals surface area contributed by atoms with Gasteiger partial charge in [0.15, 0.2) is 5.78 Å². The molecule has 1 aromatic heterocycles. The van der Waals surface area contributed by atoms with Gasteiger partial charge in [-0.3, -0.25) is 4.79 Å². The smallest absolute Gasteiger partial charge is 0.197 e. The van der Waals surface area contributed by atoms with Crippen LogP contribution in [0.5, 0.6) is 5.75 Å². The highest BCUT2D eigenvalue weighted by Gasteiger charge is 2.27. The first-order valence-corrected chi connectivity index (χ1v) is 14.1. The fraction of sp³-hybridized carbons (Fsp3) is 0.400. The molecule has 4 nitrogen and oxygen atoms in total. The lowest BCUT2D eigenvalue weighted by molar-refractivity contribution is 0.104. The fourth-order valence-electron chi connectivity index (χ4n) is 4.78. The first-order chi connectivity index (χ1) is 18.4. The van der Waals surface area contributed by atoms with E-state index in [1.54, 1.807) is 0 Å². The largest absolute Gasteiger partial charge is 0.492 e. The molecule has 0 bridgehead atoms. The van der Waals surface area contributed by atoms with Gasteiger partial charge in [-0.15, -0.1) is 0 Å². The number of nitrogens with zero attached hydrogens (tertiary/aromatic N) is 1. The number of carbonyl (C=O) groups is 1. The summed E-state index contributed by atoms with van der Waals surface area (Å²) >= 11 is 0. The first kappa shape index (κ1) is 28.6. The quantitative estimate of drug-likeness (QED) is 0.205. The predicted molar refractivity (Wildman–Crippen MR) is 162 cm³/mol. The van der Waals surface area contributed by atoms with E-state index < -0.39 is 0 Å². The number of carbonyl (C=O) groups excluding carboxylic acids is 1. The molecule has 39 heavy (non-hydrogen) atoms. The first-order valence-electron chi connectivity index (χ1n) is 14.1. The number of ether oxygens (including phenoxy) is 1. The van der Waals surface area contributed by atoms with Crippen molar-refractivity contribution in [3.63, 3.8) is 0 Å². The third kappa shape index (κ3) is 6.45. The molecule has 0 unspecified atom stereocenters. The molecule has 1 heterocycles. The van der Waals surface area contributed by atoms with Gasteiger partial charge >= 0.3 is 0 Å². The van der Waals surface area contributed by atoms with E-state index in [4.69, 9.17) is 9.15 Å². The van der Waals surface area contributed by atoms with Crippen LogP contribution in [0.4, 0.5) is 0 Å². The number of hydrogen-bond acceptors (Lipinski definition) is 4. The zero-order valence-corrected chi connectivity index (χ0v) is 24.9. The van der Waals surface area contributed by atoms with Crippen molar-refractivity contribution in [1.29, 1.82) is 0 Å². The summed E-state index contributed by atoms with van der Waals surface area (Å²) in [4.78, 5) is 16.6. The zero-order valence-electron chi connectivity index (χ0n) is 24.9. The van der Waals surface area contributed by atoms with E-state index in [1.807, 2.05) is 48.5 Å². The molecule has 0 spiro atoms. The van der Waals surface area contributed by atoms with E-state index in [1.165, 1.54) is 0 Å². The van der Waals surface area contributed by atoms with E-state index in [0.717, 1.165) is 47.5 Å². The number of rotatable bonds is 9. The van der Waals surface area contributed by atoms with Crippen molar-refractivity contribution in [2.24, 2.45) is 0 Å². The zero-order chi connectivity index (χ0) is 28.4. The summed E-state index contributed by atoms with van der Waals surface area (Å²) in [5, 5.41) is 0.829. The molecule has 0 amide bonds. The summed E-state index contributed by atoms with van der Waals surface area (Å²) in [5.74, 6) is 1.38. The maximum atomic E-state index is 14.3. The van der Waals surface area contributed by atoms with Crippen LogP contribution in [0, 0.1) is 0 Å². The molecule has 0 fully saturated rings. The molecule has 0 aliphatic rings. The van der Waals surface area contributed by atoms with Gasteiger partial charge in [0.25, 0.3) is 0 Å². The average molecular weight is 526 g/mol. The lowest BCUT2D eigenvalue weighted by atomic mass is 9.78. The van der Waals surface area contributed by atoms with Crippen molar-refractivity contribution >= 4 is 16.8 Å². The van der Waals surface area contributed by atoms with E-state index in [2.05, 4.69) is 78.5 Å². The molecule has 0 atom stereocenters.